The van der Waals surface area contributed by atoms with E-state index in [-0.39, 0.29) is 17.6 Å². The van der Waals surface area contributed by atoms with Crippen molar-refractivity contribution in [2.45, 2.75) is 26.0 Å². The number of aliphatic hydroxyl groups is 1. The van der Waals surface area contributed by atoms with E-state index in [1.807, 2.05) is 6.92 Å². The maximum atomic E-state index is 9.45. The zero-order valence-electron chi connectivity index (χ0n) is 8.77. The van der Waals surface area contributed by atoms with Crippen LogP contribution in [0, 0.1) is 0 Å². The Balaban J connectivity index is 2.44. The van der Waals surface area contributed by atoms with Crippen LogP contribution in [0.3, 0.4) is 0 Å². The zero-order chi connectivity index (χ0) is 11.3. The molecule has 0 aliphatic carbocycles. The molecule has 0 bridgehead atoms. The largest absolute Gasteiger partial charge is 0.508 e. The second-order valence-electron chi connectivity index (χ2n) is 3.51. The molecule has 0 fully saturated rings. The third kappa shape index (κ3) is 3.77. The lowest BCUT2D eigenvalue weighted by Crippen LogP contribution is -2.25. The van der Waals surface area contributed by atoms with Crippen LogP contribution in [0.2, 0.25) is 0 Å². The van der Waals surface area contributed by atoms with Gasteiger partial charge in [-0.1, -0.05) is 13.0 Å². The first-order valence-electron chi connectivity index (χ1n) is 5.03. The third-order valence-corrected chi connectivity index (χ3v) is 2.24. The van der Waals surface area contributed by atoms with Crippen molar-refractivity contribution < 1.29 is 15.3 Å². The second kappa shape index (κ2) is 5.58. The highest BCUT2D eigenvalue weighted by Gasteiger charge is 2.03. The molecular weight excluding hydrogens is 194 g/mol. The summed E-state index contributed by atoms with van der Waals surface area (Å²) in [5.41, 5.74) is 0.705. The molecule has 4 nitrogen and oxygen atoms in total. The van der Waals surface area contributed by atoms with Crippen molar-refractivity contribution in [3.05, 3.63) is 23.8 Å². The summed E-state index contributed by atoms with van der Waals surface area (Å²) < 4.78 is 0. The van der Waals surface area contributed by atoms with Crippen LogP contribution in [0.5, 0.6) is 11.5 Å². The molecule has 1 aromatic rings. The number of rotatable bonds is 5. The minimum absolute atomic E-state index is 0.0462. The molecule has 0 aliphatic rings. The van der Waals surface area contributed by atoms with Gasteiger partial charge in [0.2, 0.25) is 0 Å². The van der Waals surface area contributed by atoms with Crippen LogP contribution in [0.1, 0.15) is 18.9 Å². The smallest absolute Gasteiger partial charge is 0.123 e. The topological polar surface area (TPSA) is 72.7 Å². The zero-order valence-corrected chi connectivity index (χ0v) is 8.77. The molecule has 0 radical (unpaired) electrons. The van der Waals surface area contributed by atoms with Gasteiger partial charge in [-0.05, 0) is 12.5 Å². The Morgan fingerprint density at radius 1 is 1.33 bits per heavy atom. The van der Waals surface area contributed by atoms with E-state index in [1.165, 1.54) is 12.1 Å². The van der Waals surface area contributed by atoms with Gasteiger partial charge in [-0.3, -0.25) is 0 Å². The van der Waals surface area contributed by atoms with E-state index < -0.39 is 0 Å². The van der Waals surface area contributed by atoms with E-state index >= 15 is 0 Å². The maximum Gasteiger partial charge on any atom is 0.123 e. The summed E-state index contributed by atoms with van der Waals surface area (Å²) in [5.74, 6) is 0.110. The molecule has 4 N–H and O–H groups in total. The highest BCUT2D eigenvalue weighted by atomic mass is 16.3. The molecule has 1 atom stereocenters. The van der Waals surface area contributed by atoms with E-state index in [0.29, 0.717) is 25.1 Å². The van der Waals surface area contributed by atoms with Gasteiger partial charge in [-0.25, -0.2) is 0 Å². The Morgan fingerprint density at radius 3 is 2.67 bits per heavy atom. The molecular formula is C11H17NO3. The quantitative estimate of drug-likeness (QED) is 0.585. The predicted octanol–water partition coefficient (Wildman–Crippen LogP) is 0.958. The molecule has 4 heteroatoms. The number of benzene rings is 1. The highest BCUT2D eigenvalue weighted by molar-refractivity contribution is 5.38. The van der Waals surface area contributed by atoms with Crippen molar-refractivity contribution in [1.29, 1.82) is 0 Å². The molecule has 0 spiro atoms. The molecule has 0 amide bonds. The van der Waals surface area contributed by atoms with E-state index in [9.17, 15) is 10.2 Å². The molecule has 1 aromatic carbocycles. The van der Waals surface area contributed by atoms with Crippen LogP contribution in [0.4, 0.5) is 0 Å². The Kier molecular flexibility index (Phi) is 4.39. The van der Waals surface area contributed by atoms with Crippen molar-refractivity contribution in [1.82, 2.24) is 5.32 Å². The monoisotopic (exact) mass is 211 g/mol. The van der Waals surface area contributed by atoms with Crippen LogP contribution in [-0.4, -0.2) is 28.0 Å². The van der Waals surface area contributed by atoms with E-state index in [4.69, 9.17) is 5.11 Å². The fourth-order valence-electron chi connectivity index (χ4n) is 1.22. The van der Waals surface area contributed by atoms with E-state index in [0.717, 1.165) is 0 Å². The average molecular weight is 211 g/mol. The Bertz CT molecular complexity index is 315. The first kappa shape index (κ1) is 11.8. The Hall–Kier alpha value is -1.26. The lowest BCUT2D eigenvalue weighted by Gasteiger charge is -2.10. The van der Waals surface area contributed by atoms with Crippen LogP contribution in [0.25, 0.3) is 0 Å². The molecule has 0 aliphatic heterocycles. The molecule has 0 aromatic heterocycles. The number of phenolic OH excluding ortho intramolecular Hbond substituents is 2. The molecule has 1 unspecified atom stereocenters. The molecule has 0 saturated heterocycles. The van der Waals surface area contributed by atoms with E-state index in [1.54, 1.807) is 6.07 Å². The lowest BCUT2D eigenvalue weighted by atomic mass is 10.2. The molecule has 0 heterocycles. The number of phenols is 2. The van der Waals surface area contributed by atoms with Gasteiger partial charge in [-0.15, -0.1) is 0 Å². The molecule has 0 saturated carbocycles. The summed E-state index contributed by atoms with van der Waals surface area (Å²) in [5, 5.41) is 30.8. The van der Waals surface area contributed by atoms with Gasteiger partial charge >= 0.3 is 0 Å². The molecule has 1 rings (SSSR count). The van der Waals surface area contributed by atoms with Gasteiger partial charge in [0, 0.05) is 24.7 Å². The molecule has 84 valence electrons. The van der Waals surface area contributed by atoms with Crippen LogP contribution in [-0.2, 0) is 6.54 Å². The SMILES string of the molecule is CCC(O)CNCc1ccc(O)cc1O. The summed E-state index contributed by atoms with van der Waals surface area (Å²) in [6.45, 7) is 2.88. The molecule has 15 heavy (non-hydrogen) atoms. The van der Waals surface area contributed by atoms with Gasteiger partial charge in [0.1, 0.15) is 11.5 Å². The van der Waals surface area contributed by atoms with Crippen molar-refractivity contribution >= 4 is 0 Å². The Morgan fingerprint density at radius 2 is 2.07 bits per heavy atom. The van der Waals surface area contributed by atoms with Crippen LogP contribution < -0.4 is 5.32 Å². The minimum atomic E-state index is -0.357. The van der Waals surface area contributed by atoms with Gasteiger partial charge in [-0.2, -0.15) is 0 Å². The second-order valence-corrected chi connectivity index (χ2v) is 3.51. The van der Waals surface area contributed by atoms with Crippen molar-refractivity contribution in [3.8, 4) is 11.5 Å². The summed E-state index contributed by atoms with van der Waals surface area (Å²) in [4.78, 5) is 0. The van der Waals surface area contributed by atoms with Crippen molar-refractivity contribution in [3.63, 3.8) is 0 Å². The summed E-state index contributed by atoms with van der Waals surface area (Å²) in [6, 6.07) is 4.47. The number of nitrogens with one attached hydrogen (secondary N) is 1. The number of hydrogen-bond donors (Lipinski definition) is 4. The fourth-order valence-corrected chi connectivity index (χ4v) is 1.22. The normalized spacial score (nSPS) is 12.7. The van der Waals surface area contributed by atoms with Gasteiger partial charge in [0.25, 0.3) is 0 Å². The number of aromatic hydroxyl groups is 2. The predicted molar refractivity (Wildman–Crippen MR) is 57.8 cm³/mol. The maximum absolute atomic E-state index is 9.45. The first-order valence-corrected chi connectivity index (χ1v) is 5.03. The number of aliphatic hydroxyl groups excluding tert-OH is 1. The summed E-state index contributed by atoms with van der Waals surface area (Å²) in [7, 11) is 0. The van der Waals surface area contributed by atoms with Crippen LogP contribution in [0.15, 0.2) is 18.2 Å². The highest BCUT2D eigenvalue weighted by Crippen LogP contribution is 2.22. The Labute approximate surface area is 89.2 Å². The third-order valence-electron chi connectivity index (χ3n) is 2.24. The van der Waals surface area contributed by atoms with Gasteiger partial charge < -0.3 is 20.6 Å². The van der Waals surface area contributed by atoms with E-state index in [2.05, 4.69) is 5.32 Å². The lowest BCUT2D eigenvalue weighted by molar-refractivity contribution is 0.167. The minimum Gasteiger partial charge on any atom is -0.508 e. The van der Waals surface area contributed by atoms with Gasteiger partial charge in [0.15, 0.2) is 0 Å². The van der Waals surface area contributed by atoms with Crippen molar-refractivity contribution in [2.24, 2.45) is 0 Å². The first-order chi connectivity index (χ1) is 7.13. The van der Waals surface area contributed by atoms with Gasteiger partial charge in [0.05, 0.1) is 6.10 Å². The van der Waals surface area contributed by atoms with Crippen LogP contribution >= 0.6 is 0 Å². The summed E-state index contributed by atoms with van der Waals surface area (Å²) >= 11 is 0. The summed E-state index contributed by atoms with van der Waals surface area (Å²) in [6.07, 6.45) is 0.346. The fraction of sp³-hybridized carbons (Fsp3) is 0.455. The number of hydrogen-bond acceptors (Lipinski definition) is 4. The van der Waals surface area contributed by atoms with Crippen molar-refractivity contribution in [2.75, 3.05) is 6.54 Å². The standard InChI is InChI=1S/C11H17NO3/c1-2-9(13)7-12-6-8-3-4-10(14)5-11(8)15/h3-5,9,12-15H,2,6-7H2,1H3. The average Bonchev–Trinajstić information content (AvgIpc) is 2.21.